The van der Waals surface area contributed by atoms with E-state index in [0.717, 1.165) is 6.42 Å². The van der Waals surface area contributed by atoms with Gasteiger partial charge >= 0.3 is 6.09 Å². The molecule has 0 saturated heterocycles. The monoisotopic (exact) mass is 298 g/mol. The summed E-state index contributed by atoms with van der Waals surface area (Å²) in [6.07, 6.45) is 0.209. The van der Waals surface area contributed by atoms with E-state index in [1.807, 2.05) is 17.5 Å². The summed E-state index contributed by atoms with van der Waals surface area (Å²) in [7, 11) is 0. The van der Waals surface area contributed by atoms with E-state index in [2.05, 4.69) is 10.6 Å². The fourth-order valence-electron chi connectivity index (χ4n) is 1.47. The molecule has 2 N–H and O–H groups in total. The standard InChI is InChI=1S/C14H22N2O3S/c1-10(16-13(18)19-14(2,3)4)12(17)15-8-7-11-6-5-9-20-11/h5-6,9-10H,7-8H2,1-4H3,(H,15,17)(H,16,18). The average molecular weight is 298 g/mol. The highest BCUT2D eigenvalue weighted by Gasteiger charge is 2.20. The number of nitrogens with one attached hydrogen (secondary N) is 2. The second-order valence-electron chi connectivity index (χ2n) is 5.49. The predicted octanol–water partition coefficient (Wildman–Crippen LogP) is 2.32. The molecule has 20 heavy (non-hydrogen) atoms. The summed E-state index contributed by atoms with van der Waals surface area (Å²) in [5.74, 6) is -0.215. The highest BCUT2D eigenvalue weighted by molar-refractivity contribution is 7.09. The number of hydrogen-bond acceptors (Lipinski definition) is 4. The van der Waals surface area contributed by atoms with Crippen molar-refractivity contribution >= 4 is 23.3 Å². The minimum atomic E-state index is -0.617. The van der Waals surface area contributed by atoms with Crippen molar-refractivity contribution in [2.45, 2.75) is 45.8 Å². The molecule has 0 aromatic carbocycles. The van der Waals surface area contributed by atoms with Crippen LogP contribution in [0.4, 0.5) is 4.79 Å². The number of thiophene rings is 1. The summed E-state index contributed by atoms with van der Waals surface area (Å²) in [5, 5.41) is 7.30. The molecule has 6 heteroatoms. The average Bonchev–Trinajstić information content (AvgIpc) is 2.78. The first-order valence-electron chi connectivity index (χ1n) is 6.57. The van der Waals surface area contributed by atoms with Gasteiger partial charge in [0.05, 0.1) is 0 Å². The third-order valence-electron chi connectivity index (χ3n) is 2.38. The van der Waals surface area contributed by atoms with Crippen LogP contribution in [0.2, 0.25) is 0 Å². The predicted molar refractivity (Wildman–Crippen MR) is 79.9 cm³/mol. The summed E-state index contributed by atoms with van der Waals surface area (Å²) in [4.78, 5) is 24.5. The van der Waals surface area contributed by atoms with Gasteiger partial charge in [0.1, 0.15) is 11.6 Å². The van der Waals surface area contributed by atoms with E-state index < -0.39 is 17.7 Å². The molecule has 1 aromatic heterocycles. The van der Waals surface area contributed by atoms with Crippen LogP contribution >= 0.6 is 11.3 Å². The van der Waals surface area contributed by atoms with E-state index in [-0.39, 0.29) is 5.91 Å². The zero-order chi connectivity index (χ0) is 15.2. The molecule has 0 aliphatic heterocycles. The molecule has 0 aliphatic carbocycles. The number of ether oxygens (including phenoxy) is 1. The van der Waals surface area contributed by atoms with Crippen molar-refractivity contribution in [1.82, 2.24) is 10.6 Å². The molecular formula is C14H22N2O3S. The maximum Gasteiger partial charge on any atom is 0.408 e. The van der Waals surface area contributed by atoms with Gasteiger partial charge in [0.15, 0.2) is 0 Å². The molecule has 1 heterocycles. The summed E-state index contributed by atoms with van der Waals surface area (Å²) in [5.41, 5.74) is -0.570. The van der Waals surface area contributed by atoms with Gasteiger partial charge in [-0.05, 0) is 45.6 Å². The molecular weight excluding hydrogens is 276 g/mol. The van der Waals surface area contributed by atoms with Crippen LogP contribution in [0.25, 0.3) is 0 Å². The number of hydrogen-bond donors (Lipinski definition) is 2. The minimum Gasteiger partial charge on any atom is -0.444 e. The summed E-state index contributed by atoms with van der Waals surface area (Å²) >= 11 is 1.66. The molecule has 1 rings (SSSR count). The van der Waals surface area contributed by atoms with Crippen molar-refractivity contribution in [2.24, 2.45) is 0 Å². The fraction of sp³-hybridized carbons (Fsp3) is 0.571. The van der Waals surface area contributed by atoms with E-state index >= 15 is 0 Å². The second kappa shape index (κ2) is 7.28. The summed E-state index contributed by atoms with van der Waals surface area (Å²) in [6, 6.07) is 3.39. The third-order valence-corrected chi connectivity index (χ3v) is 3.31. The molecule has 0 spiro atoms. The van der Waals surface area contributed by atoms with Crippen molar-refractivity contribution in [3.05, 3.63) is 22.4 Å². The molecule has 112 valence electrons. The molecule has 1 aromatic rings. The maximum absolute atomic E-state index is 11.8. The number of amides is 2. The van der Waals surface area contributed by atoms with Gasteiger partial charge in [-0.15, -0.1) is 11.3 Å². The third kappa shape index (κ3) is 6.56. The lowest BCUT2D eigenvalue weighted by atomic mass is 10.2. The Hall–Kier alpha value is -1.56. The van der Waals surface area contributed by atoms with Crippen molar-refractivity contribution in [3.63, 3.8) is 0 Å². The topological polar surface area (TPSA) is 67.4 Å². The van der Waals surface area contributed by atoms with Gasteiger partial charge in [-0.3, -0.25) is 4.79 Å². The van der Waals surface area contributed by atoms with Crippen molar-refractivity contribution in [3.8, 4) is 0 Å². The van der Waals surface area contributed by atoms with E-state index in [1.54, 1.807) is 39.0 Å². The number of carbonyl (C=O) groups is 2. The molecule has 0 aliphatic rings. The van der Waals surface area contributed by atoms with E-state index in [9.17, 15) is 9.59 Å². The number of rotatable bonds is 5. The zero-order valence-corrected chi connectivity index (χ0v) is 13.2. The minimum absolute atomic E-state index is 0.215. The summed E-state index contributed by atoms with van der Waals surface area (Å²) < 4.78 is 5.09. The Kier molecular flexibility index (Phi) is 6.01. The van der Waals surface area contributed by atoms with Gasteiger partial charge in [-0.2, -0.15) is 0 Å². The van der Waals surface area contributed by atoms with Gasteiger partial charge in [0.25, 0.3) is 0 Å². The fourth-order valence-corrected chi connectivity index (χ4v) is 2.18. The quantitative estimate of drug-likeness (QED) is 0.876. The van der Waals surface area contributed by atoms with Crippen LogP contribution in [0, 0.1) is 0 Å². The van der Waals surface area contributed by atoms with E-state index in [4.69, 9.17) is 4.74 Å². The Morgan fingerprint density at radius 2 is 2.10 bits per heavy atom. The van der Waals surface area contributed by atoms with Gasteiger partial charge < -0.3 is 15.4 Å². The molecule has 1 unspecified atom stereocenters. The number of alkyl carbamates (subject to hydrolysis) is 1. The first-order chi connectivity index (χ1) is 9.28. The normalized spacial score (nSPS) is 12.6. The van der Waals surface area contributed by atoms with Crippen molar-refractivity contribution in [1.29, 1.82) is 0 Å². The summed E-state index contributed by atoms with van der Waals surface area (Å²) in [6.45, 7) is 7.51. The van der Waals surface area contributed by atoms with Crippen LogP contribution in [0.5, 0.6) is 0 Å². The van der Waals surface area contributed by atoms with Gasteiger partial charge in [0.2, 0.25) is 5.91 Å². The first kappa shape index (κ1) is 16.5. The Morgan fingerprint density at radius 3 is 2.65 bits per heavy atom. The molecule has 2 amide bonds. The Labute approximate surface area is 123 Å². The smallest absolute Gasteiger partial charge is 0.408 e. The van der Waals surface area contributed by atoms with Crippen LogP contribution in [0.15, 0.2) is 17.5 Å². The van der Waals surface area contributed by atoms with E-state index in [1.165, 1.54) is 4.88 Å². The first-order valence-corrected chi connectivity index (χ1v) is 7.45. The Morgan fingerprint density at radius 1 is 1.40 bits per heavy atom. The molecule has 1 atom stereocenters. The molecule has 0 fully saturated rings. The van der Waals surface area contributed by atoms with Crippen molar-refractivity contribution < 1.29 is 14.3 Å². The lowest BCUT2D eigenvalue weighted by molar-refractivity contribution is -0.122. The van der Waals surface area contributed by atoms with Crippen LogP contribution in [0.1, 0.15) is 32.6 Å². The van der Waals surface area contributed by atoms with Gasteiger partial charge in [0, 0.05) is 11.4 Å². The highest BCUT2D eigenvalue weighted by atomic mass is 32.1. The SMILES string of the molecule is CC(NC(=O)OC(C)(C)C)C(=O)NCCc1cccs1. The van der Waals surface area contributed by atoms with Gasteiger partial charge in [-0.25, -0.2) is 4.79 Å². The lowest BCUT2D eigenvalue weighted by Crippen LogP contribution is -2.46. The van der Waals surface area contributed by atoms with Crippen molar-refractivity contribution in [2.75, 3.05) is 6.54 Å². The maximum atomic E-state index is 11.8. The zero-order valence-electron chi connectivity index (χ0n) is 12.4. The molecule has 0 bridgehead atoms. The van der Waals surface area contributed by atoms with Crippen LogP contribution in [0.3, 0.4) is 0 Å². The lowest BCUT2D eigenvalue weighted by Gasteiger charge is -2.21. The van der Waals surface area contributed by atoms with Crippen LogP contribution in [-0.2, 0) is 16.0 Å². The molecule has 0 radical (unpaired) electrons. The second-order valence-corrected chi connectivity index (χ2v) is 6.52. The van der Waals surface area contributed by atoms with Crippen LogP contribution in [-0.4, -0.2) is 30.2 Å². The Bertz CT molecular complexity index is 438. The highest BCUT2D eigenvalue weighted by Crippen LogP contribution is 2.08. The largest absolute Gasteiger partial charge is 0.444 e. The molecule has 5 nitrogen and oxygen atoms in total. The van der Waals surface area contributed by atoms with Crippen LogP contribution < -0.4 is 10.6 Å². The van der Waals surface area contributed by atoms with E-state index in [0.29, 0.717) is 6.54 Å². The number of carbonyl (C=O) groups excluding carboxylic acids is 2. The molecule has 0 saturated carbocycles. The van der Waals surface area contributed by atoms with Gasteiger partial charge in [-0.1, -0.05) is 6.07 Å². The Balaban J connectivity index is 2.26.